The van der Waals surface area contributed by atoms with E-state index >= 15 is 0 Å². The first kappa shape index (κ1) is 15.6. The van der Waals surface area contributed by atoms with Crippen molar-refractivity contribution in [3.8, 4) is 0 Å². The fourth-order valence-corrected chi connectivity index (χ4v) is 2.99. The van der Waals surface area contributed by atoms with E-state index in [4.69, 9.17) is 0 Å². The van der Waals surface area contributed by atoms with E-state index < -0.39 is 0 Å². The molecule has 2 aromatic carbocycles. The highest BCUT2D eigenvalue weighted by atomic mass is 16.2. The molecule has 1 saturated heterocycles. The summed E-state index contributed by atoms with van der Waals surface area (Å²) < 4.78 is 0. The van der Waals surface area contributed by atoms with Crippen LogP contribution in [-0.4, -0.2) is 30.1 Å². The van der Waals surface area contributed by atoms with Gasteiger partial charge in [0.05, 0.1) is 0 Å². The number of hydrogen-bond donors (Lipinski definition) is 2. The highest BCUT2D eigenvalue weighted by Crippen LogP contribution is 2.15. The van der Waals surface area contributed by atoms with E-state index in [1.807, 2.05) is 37.3 Å². The number of carbonyl (C=O) groups excluding carboxylic acids is 1. The Morgan fingerprint density at radius 2 is 1.87 bits per heavy atom. The number of aryl methyl sites for hydroxylation is 1. The molecule has 1 aliphatic heterocycles. The number of para-hydroxylation sites is 1. The summed E-state index contributed by atoms with van der Waals surface area (Å²) in [7, 11) is 0. The van der Waals surface area contributed by atoms with E-state index in [0.29, 0.717) is 0 Å². The highest BCUT2D eigenvalue weighted by molar-refractivity contribution is 5.90. The summed E-state index contributed by atoms with van der Waals surface area (Å²) in [4.78, 5) is 14.5. The highest BCUT2D eigenvalue weighted by Gasteiger charge is 2.23. The van der Waals surface area contributed by atoms with Crippen LogP contribution in [0.3, 0.4) is 0 Å². The quantitative estimate of drug-likeness (QED) is 0.909. The molecule has 4 heteroatoms. The van der Waals surface area contributed by atoms with Crippen molar-refractivity contribution in [2.45, 2.75) is 25.9 Å². The number of anilines is 1. The van der Waals surface area contributed by atoms with E-state index in [-0.39, 0.29) is 12.1 Å². The molecule has 1 fully saturated rings. The number of likely N-dealkylation sites (tertiary alicyclic amines) is 1. The third-order valence-corrected chi connectivity index (χ3v) is 4.25. The van der Waals surface area contributed by atoms with E-state index in [1.54, 1.807) is 0 Å². The topological polar surface area (TPSA) is 44.4 Å². The normalized spacial score (nSPS) is 17.9. The van der Waals surface area contributed by atoms with E-state index in [0.717, 1.165) is 37.3 Å². The third kappa shape index (κ3) is 4.33. The molecule has 2 aromatic rings. The maximum absolute atomic E-state index is 12.1. The standard InChI is InChI=1S/C19H23N3O/c1-15-7-5-6-10-18(15)21-19(23)20-17-11-12-22(14-17)13-16-8-3-2-4-9-16/h2-10,17H,11-14H2,1H3,(H2,20,21,23). The van der Waals surface area contributed by atoms with Crippen molar-refractivity contribution in [1.29, 1.82) is 0 Å². The van der Waals surface area contributed by atoms with Gasteiger partial charge in [-0.25, -0.2) is 4.79 Å². The van der Waals surface area contributed by atoms with Crippen molar-refractivity contribution in [1.82, 2.24) is 10.2 Å². The van der Waals surface area contributed by atoms with Gasteiger partial charge in [0.25, 0.3) is 0 Å². The molecule has 1 atom stereocenters. The SMILES string of the molecule is Cc1ccccc1NC(=O)NC1CCN(Cc2ccccc2)C1. The predicted octanol–water partition coefficient (Wildman–Crippen LogP) is 3.39. The molecule has 2 amide bonds. The lowest BCUT2D eigenvalue weighted by atomic mass is 10.2. The van der Waals surface area contributed by atoms with Crippen LogP contribution >= 0.6 is 0 Å². The number of amides is 2. The van der Waals surface area contributed by atoms with Gasteiger partial charge >= 0.3 is 6.03 Å². The molecule has 0 aromatic heterocycles. The Morgan fingerprint density at radius 1 is 1.13 bits per heavy atom. The molecule has 0 aliphatic carbocycles. The molecular weight excluding hydrogens is 286 g/mol. The molecule has 1 unspecified atom stereocenters. The summed E-state index contributed by atoms with van der Waals surface area (Å²) in [6, 6.07) is 18.4. The number of carbonyl (C=O) groups is 1. The Labute approximate surface area is 137 Å². The second-order valence-electron chi connectivity index (χ2n) is 6.12. The Balaban J connectivity index is 1.48. The first-order chi connectivity index (χ1) is 11.2. The Hall–Kier alpha value is -2.33. The lowest BCUT2D eigenvalue weighted by Gasteiger charge is -2.17. The zero-order valence-corrected chi connectivity index (χ0v) is 13.5. The Morgan fingerprint density at radius 3 is 2.65 bits per heavy atom. The molecule has 0 radical (unpaired) electrons. The number of urea groups is 1. The average Bonchev–Trinajstić information content (AvgIpc) is 2.97. The summed E-state index contributed by atoms with van der Waals surface area (Å²) in [5, 5.41) is 6.01. The molecule has 4 nitrogen and oxygen atoms in total. The molecule has 1 aliphatic rings. The maximum Gasteiger partial charge on any atom is 0.319 e. The van der Waals surface area contributed by atoms with E-state index in [1.165, 1.54) is 5.56 Å². The number of nitrogens with zero attached hydrogens (tertiary/aromatic N) is 1. The van der Waals surface area contributed by atoms with Gasteiger partial charge in [0, 0.05) is 31.4 Å². The van der Waals surface area contributed by atoms with Crippen LogP contribution in [0.2, 0.25) is 0 Å². The second-order valence-corrected chi connectivity index (χ2v) is 6.12. The van der Waals surface area contributed by atoms with Crippen LogP contribution in [0.1, 0.15) is 17.5 Å². The van der Waals surface area contributed by atoms with Gasteiger partial charge < -0.3 is 10.6 Å². The number of hydrogen-bond acceptors (Lipinski definition) is 2. The minimum atomic E-state index is -0.120. The lowest BCUT2D eigenvalue weighted by molar-refractivity contribution is 0.247. The van der Waals surface area contributed by atoms with Crippen LogP contribution in [-0.2, 0) is 6.54 Å². The summed E-state index contributed by atoms with van der Waals surface area (Å²) >= 11 is 0. The van der Waals surface area contributed by atoms with E-state index in [9.17, 15) is 4.79 Å². The fourth-order valence-electron chi connectivity index (χ4n) is 2.99. The summed E-state index contributed by atoms with van der Waals surface area (Å²) in [6.07, 6.45) is 0.994. The van der Waals surface area contributed by atoms with Crippen molar-refractivity contribution in [3.63, 3.8) is 0 Å². The van der Waals surface area contributed by atoms with Crippen molar-refractivity contribution in [2.24, 2.45) is 0 Å². The monoisotopic (exact) mass is 309 g/mol. The van der Waals surface area contributed by atoms with Gasteiger partial charge in [0.2, 0.25) is 0 Å². The maximum atomic E-state index is 12.1. The summed E-state index contributed by atoms with van der Waals surface area (Å²) in [5.41, 5.74) is 3.25. The molecule has 0 saturated carbocycles. The van der Waals surface area contributed by atoms with Crippen LogP contribution in [0, 0.1) is 6.92 Å². The smallest absolute Gasteiger partial charge is 0.319 e. The molecule has 2 N–H and O–H groups in total. The lowest BCUT2D eigenvalue weighted by Crippen LogP contribution is -2.39. The van der Waals surface area contributed by atoms with Gasteiger partial charge in [0.15, 0.2) is 0 Å². The minimum absolute atomic E-state index is 0.120. The molecule has 120 valence electrons. The molecule has 3 rings (SSSR count). The zero-order chi connectivity index (χ0) is 16.1. The van der Waals surface area contributed by atoms with Crippen LogP contribution in [0.5, 0.6) is 0 Å². The van der Waals surface area contributed by atoms with E-state index in [2.05, 4.69) is 39.8 Å². The zero-order valence-electron chi connectivity index (χ0n) is 13.5. The van der Waals surface area contributed by atoms with Crippen LogP contribution in [0.4, 0.5) is 10.5 Å². The molecule has 1 heterocycles. The number of rotatable bonds is 4. The molecular formula is C19H23N3O. The largest absolute Gasteiger partial charge is 0.334 e. The summed E-state index contributed by atoms with van der Waals surface area (Å²) in [6.45, 7) is 4.85. The molecule has 23 heavy (non-hydrogen) atoms. The molecule has 0 bridgehead atoms. The third-order valence-electron chi connectivity index (χ3n) is 4.25. The van der Waals surface area contributed by atoms with Gasteiger partial charge in [-0.15, -0.1) is 0 Å². The van der Waals surface area contributed by atoms with Gasteiger partial charge in [-0.1, -0.05) is 48.5 Å². The van der Waals surface area contributed by atoms with Crippen molar-refractivity contribution in [2.75, 3.05) is 18.4 Å². The number of nitrogens with one attached hydrogen (secondary N) is 2. The Kier molecular flexibility index (Phi) is 4.93. The molecule has 0 spiro atoms. The average molecular weight is 309 g/mol. The summed E-state index contributed by atoms with van der Waals surface area (Å²) in [5.74, 6) is 0. The first-order valence-electron chi connectivity index (χ1n) is 8.10. The van der Waals surface area contributed by atoms with Crippen LogP contribution < -0.4 is 10.6 Å². The van der Waals surface area contributed by atoms with Crippen molar-refractivity contribution in [3.05, 3.63) is 65.7 Å². The predicted molar refractivity (Wildman–Crippen MR) is 93.5 cm³/mol. The minimum Gasteiger partial charge on any atom is -0.334 e. The van der Waals surface area contributed by atoms with Crippen LogP contribution in [0.15, 0.2) is 54.6 Å². The van der Waals surface area contributed by atoms with Gasteiger partial charge in [0.1, 0.15) is 0 Å². The van der Waals surface area contributed by atoms with Gasteiger partial charge in [-0.3, -0.25) is 4.90 Å². The Bertz CT molecular complexity index is 657. The van der Waals surface area contributed by atoms with Gasteiger partial charge in [-0.2, -0.15) is 0 Å². The van der Waals surface area contributed by atoms with Gasteiger partial charge in [-0.05, 0) is 30.5 Å². The van der Waals surface area contributed by atoms with Crippen LogP contribution in [0.25, 0.3) is 0 Å². The van der Waals surface area contributed by atoms with Crippen molar-refractivity contribution >= 4 is 11.7 Å². The number of benzene rings is 2. The first-order valence-corrected chi connectivity index (χ1v) is 8.10. The van der Waals surface area contributed by atoms with Crippen molar-refractivity contribution < 1.29 is 4.79 Å². The fraction of sp³-hybridized carbons (Fsp3) is 0.316. The second kappa shape index (κ2) is 7.29.